The molecule has 0 radical (unpaired) electrons. The van der Waals surface area contributed by atoms with Crippen molar-refractivity contribution < 1.29 is 9.53 Å². The van der Waals surface area contributed by atoms with Crippen LogP contribution in [0.3, 0.4) is 0 Å². The van der Waals surface area contributed by atoms with Gasteiger partial charge in [0.2, 0.25) is 5.91 Å². The van der Waals surface area contributed by atoms with Gasteiger partial charge < -0.3 is 10.1 Å². The third kappa shape index (κ3) is 3.99. The van der Waals surface area contributed by atoms with Crippen LogP contribution >= 0.6 is 11.6 Å². The second kappa shape index (κ2) is 6.77. The zero-order chi connectivity index (χ0) is 14.5. The number of amides is 1. The van der Waals surface area contributed by atoms with Gasteiger partial charge in [0, 0.05) is 23.7 Å². The molecule has 0 bridgehead atoms. The van der Waals surface area contributed by atoms with Crippen LogP contribution in [0.25, 0.3) is 0 Å². The van der Waals surface area contributed by atoms with Crippen molar-refractivity contribution in [3.05, 3.63) is 40.9 Å². The number of hydrogen-bond acceptors (Lipinski definition) is 3. The highest BCUT2D eigenvalue weighted by Gasteiger charge is 2.17. The maximum absolute atomic E-state index is 11.9. The Bertz CT molecular complexity index is 515. The molecular weight excluding hydrogens is 276 g/mol. The lowest BCUT2D eigenvalue weighted by Crippen LogP contribution is -2.40. The number of nitrogens with one attached hydrogen (secondary N) is 2. The van der Waals surface area contributed by atoms with Crippen molar-refractivity contribution in [1.82, 2.24) is 10.6 Å². The Hall–Kier alpha value is -1.52. The molecule has 2 N–H and O–H groups in total. The van der Waals surface area contributed by atoms with Crippen molar-refractivity contribution in [2.75, 3.05) is 6.54 Å². The summed E-state index contributed by atoms with van der Waals surface area (Å²) in [6.45, 7) is 5.05. The molecule has 0 saturated carbocycles. The van der Waals surface area contributed by atoms with Crippen molar-refractivity contribution in [1.29, 1.82) is 0 Å². The molecule has 1 atom stereocenters. The molecule has 5 heteroatoms. The molecule has 1 amide bonds. The first kappa shape index (κ1) is 14.9. The van der Waals surface area contributed by atoms with Gasteiger partial charge in [0.05, 0.1) is 6.10 Å². The molecule has 4 nitrogen and oxygen atoms in total. The van der Waals surface area contributed by atoms with Crippen molar-refractivity contribution in [2.24, 2.45) is 0 Å². The topological polar surface area (TPSA) is 50.4 Å². The van der Waals surface area contributed by atoms with Gasteiger partial charge in [-0.3, -0.25) is 10.1 Å². The number of benzene rings is 1. The van der Waals surface area contributed by atoms with Gasteiger partial charge in [0.1, 0.15) is 11.8 Å². The van der Waals surface area contributed by atoms with Crippen LogP contribution in [-0.2, 0) is 11.3 Å². The highest BCUT2D eigenvalue weighted by atomic mass is 35.5. The molecule has 1 aliphatic rings. The Morgan fingerprint density at radius 2 is 2.35 bits per heavy atom. The maximum Gasteiger partial charge on any atom is 0.241 e. The van der Waals surface area contributed by atoms with Gasteiger partial charge in [0.25, 0.3) is 0 Å². The summed E-state index contributed by atoms with van der Waals surface area (Å²) < 4.78 is 5.72. The lowest BCUT2D eigenvalue weighted by molar-refractivity contribution is -0.122. The standard InChI is InChI=1S/C15H19ClN2O2/c1-10(2)20-14-6-5-12(16)8-11(14)9-18-15(19)13-4-3-7-17-13/h3-6,8,10,13,17H,7,9H2,1-2H3,(H,18,19)/t13-/m1/s1. The summed E-state index contributed by atoms with van der Waals surface area (Å²) in [7, 11) is 0. The van der Waals surface area contributed by atoms with Gasteiger partial charge in [-0.1, -0.05) is 23.8 Å². The minimum atomic E-state index is -0.247. The number of hydrogen-bond donors (Lipinski definition) is 2. The summed E-state index contributed by atoms with van der Waals surface area (Å²) in [5.74, 6) is 0.703. The van der Waals surface area contributed by atoms with Gasteiger partial charge in [-0.05, 0) is 32.0 Å². The monoisotopic (exact) mass is 294 g/mol. The molecule has 0 aromatic heterocycles. The predicted molar refractivity (Wildman–Crippen MR) is 80.0 cm³/mol. The van der Waals surface area contributed by atoms with E-state index in [9.17, 15) is 4.79 Å². The average molecular weight is 295 g/mol. The van der Waals surface area contributed by atoms with Gasteiger partial charge in [-0.25, -0.2) is 0 Å². The maximum atomic E-state index is 11.9. The third-order valence-corrected chi connectivity index (χ3v) is 3.14. The van der Waals surface area contributed by atoms with Crippen LogP contribution in [0, 0.1) is 0 Å². The van der Waals surface area contributed by atoms with E-state index in [-0.39, 0.29) is 18.1 Å². The summed E-state index contributed by atoms with van der Waals surface area (Å²) in [4.78, 5) is 11.9. The molecule has 1 aliphatic heterocycles. The lowest BCUT2D eigenvalue weighted by atomic mass is 10.2. The minimum absolute atomic E-state index is 0.0470. The molecule has 0 saturated heterocycles. The van der Waals surface area contributed by atoms with Gasteiger partial charge in [-0.2, -0.15) is 0 Å². The van der Waals surface area contributed by atoms with Crippen LogP contribution in [0.15, 0.2) is 30.4 Å². The number of carbonyl (C=O) groups excluding carboxylic acids is 1. The van der Waals surface area contributed by atoms with E-state index in [1.54, 1.807) is 6.07 Å². The number of rotatable bonds is 5. The van der Waals surface area contributed by atoms with Crippen LogP contribution < -0.4 is 15.4 Å². The fourth-order valence-corrected chi connectivity index (χ4v) is 2.19. The number of carbonyl (C=O) groups is 1. The van der Waals surface area contributed by atoms with E-state index in [4.69, 9.17) is 16.3 Å². The van der Waals surface area contributed by atoms with Gasteiger partial charge >= 0.3 is 0 Å². The van der Waals surface area contributed by atoms with Crippen LogP contribution in [0.5, 0.6) is 5.75 Å². The first-order valence-electron chi connectivity index (χ1n) is 6.69. The SMILES string of the molecule is CC(C)Oc1ccc(Cl)cc1CNC(=O)[C@H]1C=CCN1. The van der Waals surface area contributed by atoms with Gasteiger partial charge in [0.15, 0.2) is 0 Å². The van der Waals surface area contributed by atoms with E-state index in [1.807, 2.05) is 38.1 Å². The Balaban J connectivity index is 2.02. The van der Waals surface area contributed by atoms with E-state index < -0.39 is 0 Å². The molecule has 0 unspecified atom stereocenters. The fraction of sp³-hybridized carbons (Fsp3) is 0.400. The third-order valence-electron chi connectivity index (χ3n) is 2.90. The molecule has 1 aromatic carbocycles. The molecule has 108 valence electrons. The first-order chi connectivity index (χ1) is 9.56. The smallest absolute Gasteiger partial charge is 0.241 e. The quantitative estimate of drug-likeness (QED) is 0.819. The summed E-state index contributed by atoms with van der Waals surface area (Å²) in [5, 5.41) is 6.59. The fourth-order valence-electron chi connectivity index (χ4n) is 1.99. The second-order valence-electron chi connectivity index (χ2n) is 4.95. The first-order valence-corrected chi connectivity index (χ1v) is 7.07. The Labute approximate surface area is 124 Å². The molecule has 1 aromatic rings. The highest BCUT2D eigenvalue weighted by Crippen LogP contribution is 2.23. The largest absolute Gasteiger partial charge is 0.491 e. The molecule has 0 spiro atoms. The average Bonchev–Trinajstić information content (AvgIpc) is 2.92. The molecule has 0 aliphatic carbocycles. The minimum Gasteiger partial charge on any atom is -0.491 e. The Morgan fingerprint density at radius 3 is 3.00 bits per heavy atom. The zero-order valence-electron chi connectivity index (χ0n) is 11.7. The lowest BCUT2D eigenvalue weighted by Gasteiger charge is -2.16. The van der Waals surface area contributed by atoms with E-state index in [0.29, 0.717) is 11.6 Å². The number of ether oxygens (including phenoxy) is 1. The van der Waals surface area contributed by atoms with Crippen LogP contribution in [0.4, 0.5) is 0 Å². The van der Waals surface area contributed by atoms with Crippen molar-refractivity contribution >= 4 is 17.5 Å². The predicted octanol–water partition coefficient (Wildman–Crippen LogP) is 2.27. The normalized spacial score (nSPS) is 17.5. The van der Waals surface area contributed by atoms with Gasteiger partial charge in [-0.15, -0.1) is 0 Å². The van der Waals surface area contributed by atoms with E-state index in [2.05, 4.69) is 10.6 Å². The summed E-state index contributed by atoms with van der Waals surface area (Å²) in [5.41, 5.74) is 0.876. The molecule has 0 fully saturated rings. The Kier molecular flexibility index (Phi) is 5.04. The van der Waals surface area contributed by atoms with E-state index in [0.717, 1.165) is 17.9 Å². The molecule has 2 rings (SSSR count). The summed E-state index contributed by atoms with van der Waals surface area (Å²) in [6.07, 6.45) is 3.88. The summed E-state index contributed by atoms with van der Waals surface area (Å²) >= 11 is 6.00. The highest BCUT2D eigenvalue weighted by molar-refractivity contribution is 6.30. The second-order valence-corrected chi connectivity index (χ2v) is 5.39. The van der Waals surface area contributed by atoms with E-state index >= 15 is 0 Å². The van der Waals surface area contributed by atoms with Crippen molar-refractivity contribution in [2.45, 2.75) is 32.5 Å². The zero-order valence-corrected chi connectivity index (χ0v) is 12.4. The Morgan fingerprint density at radius 1 is 1.55 bits per heavy atom. The molecule has 20 heavy (non-hydrogen) atoms. The van der Waals surface area contributed by atoms with Crippen molar-refractivity contribution in [3.63, 3.8) is 0 Å². The van der Waals surface area contributed by atoms with Crippen LogP contribution in [0.1, 0.15) is 19.4 Å². The van der Waals surface area contributed by atoms with E-state index in [1.165, 1.54) is 0 Å². The van der Waals surface area contributed by atoms with Crippen molar-refractivity contribution in [3.8, 4) is 5.75 Å². The van der Waals surface area contributed by atoms with Crippen LogP contribution in [0.2, 0.25) is 5.02 Å². The molecular formula is C15H19ClN2O2. The summed E-state index contributed by atoms with van der Waals surface area (Å²) in [6, 6.07) is 5.18. The van der Waals surface area contributed by atoms with Crippen LogP contribution in [-0.4, -0.2) is 24.6 Å². The number of halogens is 1. The molecule has 1 heterocycles.